The van der Waals surface area contributed by atoms with Crippen LogP contribution in [0.5, 0.6) is 0 Å². The molecule has 1 aromatic rings. The molecule has 0 heterocycles. The predicted octanol–water partition coefficient (Wildman–Crippen LogP) is 3.52. The average Bonchev–Trinajstić information content (AvgIpc) is 2.28. The van der Waals surface area contributed by atoms with Gasteiger partial charge < -0.3 is 4.74 Å². The third-order valence-corrected chi connectivity index (χ3v) is 2.69. The van der Waals surface area contributed by atoms with Crippen LogP contribution in [-0.2, 0) is 4.74 Å². The molecule has 0 fully saturated rings. The van der Waals surface area contributed by atoms with Crippen LogP contribution < -0.4 is 0 Å². The zero-order valence-electron chi connectivity index (χ0n) is 9.92. The van der Waals surface area contributed by atoms with Gasteiger partial charge in [-0.05, 0) is 30.0 Å². The van der Waals surface area contributed by atoms with Gasteiger partial charge in [-0.25, -0.2) is 9.18 Å². The summed E-state index contributed by atoms with van der Waals surface area (Å²) in [6.07, 6.45) is 2.07. The second kappa shape index (κ2) is 5.64. The maximum Gasteiger partial charge on any atom is 0.340 e. The molecule has 0 saturated heterocycles. The Morgan fingerprint density at radius 2 is 2.19 bits per heavy atom. The Hall–Kier alpha value is -1.38. The predicted molar refractivity (Wildman–Crippen MR) is 61.1 cm³/mol. The second-order valence-electron chi connectivity index (χ2n) is 3.92. The van der Waals surface area contributed by atoms with Crippen LogP contribution in [0.25, 0.3) is 0 Å². The summed E-state index contributed by atoms with van der Waals surface area (Å²) >= 11 is 0. The number of esters is 1. The van der Waals surface area contributed by atoms with Crippen molar-refractivity contribution in [2.45, 2.75) is 32.6 Å². The number of carbonyl (C=O) groups is 1. The number of halogens is 1. The first-order valence-corrected chi connectivity index (χ1v) is 5.47. The Bertz CT molecular complexity index is 374. The normalized spacial score (nSPS) is 12.2. The maximum absolute atomic E-state index is 13.6. The van der Waals surface area contributed by atoms with Crippen LogP contribution >= 0.6 is 0 Å². The zero-order valence-corrected chi connectivity index (χ0v) is 9.92. The number of hydrogen-bond donors (Lipinski definition) is 0. The quantitative estimate of drug-likeness (QED) is 0.731. The first-order valence-electron chi connectivity index (χ1n) is 5.47. The van der Waals surface area contributed by atoms with Gasteiger partial charge in [-0.2, -0.15) is 0 Å². The molecule has 0 amide bonds. The molecule has 0 radical (unpaired) electrons. The van der Waals surface area contributed by atoms with Crippen LogP contribution in [0, 0.1) is 5.82 Å². The lowest BCUT2D eigenvalue weighted by atomic mass is 9.95. The first kappa shape index (κ1) is 12.7. The molecule has 1 unspecified atom stereocenters. The van der Waals surface area contributed by atoms with Gasteiger partial charge in [0, 0.05) is 0 Å². The Labute approximate surface area is 95.4 Å². The van der Waals surface area contributed by atoms with Gasteiger partial charge in [-0.15, -0.1) is 0 Å². The number of carbonyl (C=O) groups excluding carboxylic acids is 1. The van der Waals surface area contributed by atoms with Crippen LogP contribution in [0.3, 0.4) is 0 Å². The van der Waals surface area contributed by atoms with E-state index in [-0.39, 0.29) is 5.56 Å². The van der Waals surface area contributed by atoms with E-state index in [0.29, 0.717) is 5.92 Å². The molecule has 2 nitrogen and oxygen atoms in total. The molecule has 0 saturated carbocycles. The summed E-state index contributed by atoms with van der Waals surface area (Å²) in [5.41, 5.74) is 0.918. The lowest BCUT2D eigenvalue weighted by Gasteiger charge is -2.11. The van der Waals surface area contributed by atoms with Gasteiger partial charge in [0.15, 0.2) is 0 Å². The average molecular weight is 224 g/mol. The summed E-state index contributed by atoms with van der Waals surface area (Å²) in [4.78, 5) is 11.2. The highest BCUT2D eigenvalue weighted by Gasteiger charge is 2.14. The van der Waals surface area contributed by atoms with Gasteiger partial charge in [0.1, 0.15) is 5.82 Å². The highest BCUT2D eigenvalue weighted by Crippen LogP contribution is 2.22. The van der Waals surface area contributed by atoms with E-state index in [1.54, 1.807) is 6.07 Å². The van der Waals surface area contributed by atoms with E-state index >= 15 is 0 Å². The Morgan fingerprint density at radius 3 is 2.69 bits per heavy atom. The van der Waals surface area contributed by atoms with Crippen LogP contribution in [0.2, 0.25) is 0 Å². The topological polar surface area (TPSA) is 26.3 Å². The van der Waals surface area contributed by atoms with Crippen LogP contribution in [-0.4, -0.2) is 13.1 Å². The molecule has 16 heavy (non-hydrogen) atoms. The van der Waals surface area contributed by atoms with Crippen molar-refractivity contribution in [2.75, 3.05) is 7.11 Å². The molecular weight excluding hydrogens is 207 g/mol. The summed E-state index contributed by atoms with van der Waals surface area (Å²) in [5.74, 6) is -0.828. The van der Waals surface area contributed by atoms with Crippen molar-refractivity contribution in [3.63, 3.8) is 0 Å². The maximum atomic E-state index is 13.6. The lowest BCUT2D eigenvalue weighted by Crippen LogP contribution is -2.05. The van der Waals surface area contributed by atoms with Gasteiger partial charge in [0.05, 0.1) is 12.7 Å². The summed E-state index contributed by atoms with van der Waals surface area (Å²) in [6.45, 7) is 4.14. The van der Waals surface area contributed by atoms with Crippen molar-refractivity contribution in [1.29, 1.82) is 0 Å². The van der Waals surface area contributed by atoms with Gasteiger partial charge >= 0.3 is 5.97 Å². The molecule has 0 aromatic heterocycles. The minimum absolute atomic E-state index is 0.00468. The second-order valence-corrected chi connectivity index (χ2v) is 3.92. The minimum atomic E-state index is -0.632. The smallest absolute Gasteiger partial charge is 0.340 e. The van der Waals surface area contributed by atoms with Crippen LogP contribution in [0.4, 0.5) is 4.39 Å². The first-order chi connectivity index (χ1) is 7.60. The molecule has 0 N–H and O–H groups in total. The van der Waals surface area contributed by atoms with Crippen molar-refractivity contribution in [3.05, 3.63) is 35.1 Å². The van der Waals surface area contributed by atoms with Crippen molar-refractivity contribution in [1.82, 2.24) is 0 Å². The Kier molecular flexibility index (Phi) is 4.47. The van der Waals surface area contributed by atoms with E-state index in [4.69, 9.17) is 0 Å². The van der Waals surface area contributed by atoms with Gasteiger partial charge in [0.25, 0.3) is 0 Å². The SMILES string of the molecule is CCCC(C)c1ccc(C(=O)OC)c(F)c1. The van der Waals surface area contributed by atoms with Crippen LogP contribution in [0.1, 0.15) is 48.5 Å². The minimum Gasteiger partial charge on any atom is -0.465 e. The number of hydrogen-bond acceptors (Lipinski definition) is 2. The fourth-order valence-electron chi connectivity index (χ4n) is 1.71. The molecule has 0 spiro atoms. The van der Waals surface area contributed by atoms with Crippen molar-refractivity contribution in [3.8, 4) is 0 Å². The van der Waals surface area contributed by atoms with E-state index in [9.17, 15) is 9.18 Å². The van der Waals surface area contributed by atoms with Crippen LogP contribution in [0.15, 0.2) is 18.2 Å². The Balaban J connectivity index is 2.94. The summed E-state index contributed by atoms with van der Waals surface area (Å²) in [5, 5.41) is 0. The molecule has 0 aliphatic heterocycles. The van der Waals surface area contributed by atoms with Crippen molar-refractivity contribution in [2.24, 2.45) is 0 Å². The third-order valence-electron chi connectivity index (χ3n) is 2.69. The highest BCUT2D eigenvalue weighted by molar-refractivity contribution is 5.89. The molecule has 0 aliphatic rings. The molecular formula is C13H17FO2. The number of methoxy groups -OCH3 is 1. The third kappa shape index (κ3) is 2.81. The monoisotopic (exact) mass is 224 g/mol. The summed E-state index contributed by atoms with van der Waals surface area (Å²) in [6, 6.07) is 4.70. The van der Waals surface area contributed by atoms with Gasteiger partial charge in [-0.1, -0.05) is 26.3 Å². The highest BCUT2D eigenvalue weighted by atomic mass is 19.1. The van der Waals surface area contributed by atoms with E-state index in [0.717, 1.165) is 18.4 Å². The summed E-state index contributed by atoms with van der Waals surface area (Å²) < 4.78 is 18.1. The van der Waals surface area contributed by atoms with E-state index in [1.807, 2.05) is 0 Å². The zero-order chi connectivity index (χ0) is 12.1. The molecule has 1 aromatic carbocycles. The van der Waals surface area contributed by atoms with Crippen molar-refractivity contribution >= 4 is 5.97 Å². The summed E-state index contributed by atoms with van der Waals surface area (Å²) in [7, 11) is 1.25. The van der Waals surface area contributed by atoms with Gasteiger partial charge in [-0.3, -0.25) is 0 Å². The standard InChI is InChI=1S/C13H17FO2/c1-4-5-9(2)10-6-7-11(12(14)8-10)13(15)16-3/h6-9H,4-5H2,1-3H3. The molecule has 1 rings (SSSR count). The molecule has 3 heteroatoms. The van der Waals surface area contributed by atoms with E-state index < -0.39 is 11.8 Å². The lowest BCUT2D eigenvalue weighted by molar-refractivity contribution is 0.0595. The molecule has 0 aliphatic carbocycles. The molecule has 88 valence electrons. The number of rotatable bonds is 4. The van der Waals surface area contributed by atoms with E-state index in [1.165, 1.54) is 19.2 Å². The number of benzene rings is 1. The van der Waals surface area contributed by atoms with E-state index in [2.05, 4.69) is 18.6 Å². The Morgan fingerprint density at radius 1 is 1.50 bits per heavy atom. The fraction of sp³-hybridized carbons (Fsp3) is 0.462. The molecule has 0 bridgehead atoms. The van der Waals surface area contributed by atoms with Crippen molar-refractivity contribution < 1.29 is 13.9 Å². The largest absolute Gasteiger partial charge is 0.465 e. The molecule has 1 atom stereocenters. The number of ether oxygens (including phenoxy) is 1. The van der Waals surface area contributed by atoms with Gasteiger partial charge in [0.2, 0.25) is 0 Å². The fourth-order valence-corrected chi connectivity index (χ4v) is 1.71.